The van der Waals surface area contributed by atoms with E-state index in [-0.39, 0.29) is 6.10 Å². The first-order valence-electron chi connectivity index (χ1n) is 9.40. The van der Waals surface area contributed by atoms with E-state index >= 15 is 0 Å². The largest absolute Gasteiger partial charge is 0.508 e. The van der Waals surface area contributed by atoms with Crippen molar-refractivity contribution in [3.05, 3.63) is 47.5 Å². The van der Waals surface area contributed by atoms with Gasteiger partial charge in [-0.2, -0.15) is 0 Å². The van der Waals surface area contributed by atoms with Gasteiger partial charge in [-0.05, 0) is 74.2 Å². The molecule has 0 atom stereocenters. The van der Waals surface area contributed by atoms with E-state index < -0.39 is 0 Å². The summed E-state index contributed by atoms with van der Waals surface area (Å²) in [6.45, 7) is 9.32. The molecule has 142 valence electrons. The van der Waals surface area contributed by atoms with Gasteiger partial charge in [0.2, 0.25) is 0 Å². The number of phenols is 1. The lowest BCUT2D eigenvalue weighted by Crippen LogP contribution is -2.08. The van der Waals surface area contributed by atoms with Crippen molar-refractivity contribution in [1.29, 1.82) is 0 Å². The van der Waals surface area contributed by atoms with Crippen molar-refractivity contribution in [2.24, 2.45) is 0 Å². The van der Waals surface area contributed by atoms with E-state index in [1.807, 2.05) is 38.1 Å². The zero-order chi connectivity index (χ0) is 18.9. The van der Waals surface area contributed by atoms with Crippen LogP contribution in [0.4, 0.5) is 0 Å². The Hall–Kier alpha value is -2.36. The molecule has 0 spiro atoms. The Morgan fingerprint density at radius 2 is 1.38 bits per heavy atom. The molecule has 4 heteroatoms. The van der Waals surface area contributed by atoms with Gasteiger partial charge in [-0.1, -0.05) is 13.8 Å². The number of hydrogen-bond donors (Lipinski definition) is 1. The summed E-state index contributed by atoms with van der Waals surface area (Å²) >= 11 is 0. The number of phenolic OH excluding ortho intramolecular Hbond substituents is 1. The zero-order valence-corrected chi connectivity index (χ0v) is 16.2. The molecular formula is C22H30O4. The van der Waals surface area contributed by atoms with Crippen LogP contribution in [0.15, 0.2) is 36.4 Å². The second kappa shape index (κ2) is 9.95. The third-order valence-corrected chi connectivity index (χ3v) is 3.99. The molecule has 0 amide bonds. The maximum Gasteiger partial charge on any atom is 0.125 e. The van der Waals surface area contributed by atoms with Gasteiger partial charge in [0.25, 0.3) is 0 Å². The summed E-state index contributed by atoms with van der Waals surface area (Å²) < 4.78 is 17.4. The van der Waals surface area contributed by atoms with Crippen LogP contribution in [0.5, 0.6) is 23.0 Å². The fourth-order valence-electron chi connectivity index (χ4n) is 2.76. The van der Waals surface area contributed by atoms with Crippen LogP contribution in [-0.4, -0.2) is 24.4 Å². The van der Waals surface area contributed by atoms with Gasteiger partial charge >= 0.3 is 0 Å². The number of hydrogen-bond acceptors (Lipinski definition) is 4. The zero-order valence-electron chi connectivity index (χ0n) is 16.2. The molecule has 0 fully saturated rings. The Balaban J connectivity index is 1.80. The number of aromatic hydroxyl groups is 1. The fourth-order valence-corrected chi connectivity index (χ4v) is 2.76. The minimum absolute atomic E-state index is 0.167. The minimum atomic E-state index is 0.167. The Labute approximate surface area is 156 Å². The van der Waals surface area contributed by atoms with Gasteiger partial charge in [-0.25, -0.2) is 0 Å². The van der Waals surface area contributed by atoms with Gasteiger partial charge in [0.15, 0.2) is 0 Å². The molecule has 0 saturated carbocycles. The number of benzene rings is 2. The minimum Gasteiger partial charge on any atom is -0.508 e. The van der Waals surface area contributed by atoms with Gasteiger partial charge in [-0.15, -0.1) is 0 Å². The highest BCUT2D eigenvalue weighted by Crippen LogP contribution is 2.30. The average molecular weight is 358 g/mol. The monoisotopic (exact) mass is 358 g/mol. The highest BCUT2D eigenvalue weighted by atomic mass is 16.5. The highest BCUT2D eigenvalue weighted by Gasteiger charge is 2.10. The standard InChI is InChI=1S/C22H30O4/c1-5-17-14-19(23)15-18(6-2)22(17)25-13-7-12-24-20-8-10-21(11-9-20)26-16(3)4/h8-11,14-16,23H,5-7,12-13H2,1-4H3. The molecule has 0 saturated heterocycles. The summed E-state index contributed by atoms with van der Waals surface area (Å²) in [5.41, 5.74) is 2.09. The van der Waals surface area contributed by atoms with Crippen molar-refractivity contribution in [2.45, 2.75) is 53.1 Å². The van der Waals surface area contributed by atoms with Crippen LogP contribution in [0.25, 0.3) is 0 Å². The Morgan fingerprint density at radius 1 is 0.846 bits per heavy atom. The molecule has 0 bridgehead atoms. The van der Waals surface area contributed by atoms with Crippen LogP contribution in [0.3, 0.4) is 0 Å². The van der Waals surface area contributed by atoms with Crippen LogP contribution in [0, 0.1) is 0 Å². The Morgan fingerprint density at radius 3 is 1.92 bits per heavy atom. The molecule has 1 N–H and O–H groups in total. The lowest BCUT2D eigenvalue weighted by atomic mass is 10.0. The van der Waals surface area contributed by atoms with E-state index in [0.29, 0.717) is 19.0 Å². The van der Waals surface area contributed by atoms with Crippen LogP contribution >= 0.6 is 0 Å². The molecule has 4 nitrogen and oxygen atoms in total. The summed E-state index contributed by atoms with van der Waals surface area (Å²) in [6.07, 6.45) is 2.62. The van der Waals surface area contributed by atoms with Gasteiger partial charge in [-0.3, -0.25) is 0 Å². The van der Waals surface area contributed by atoms with Crippen molar-refractivity contribution in [3.63, 3.8) is 0 Å². The van der Waals surface area contributed by atoms with Crippen molar-refractivity contribution >= 4 is 0 Å². The molecular weight excluding hydrogens is 328 g/mol. The lowest BCUT2D eigenvalue weighted by Gasteiger charge is -2.15. The number of rotatable bonds is 10. The summed E-state index contributed by atoms with van der Waals surface area (Å²) in [5.74, 6) is 2.89. The maximum absolute atomic E-state index is 9.80. The molecule has 0 aromatic heterocycles. The molecule has 0 heterocycles. The second-order valence-corrected chi connectivity index (χ2v) is 6.49. The fraction of sp³-hybridized carbons (Fsp3) is 0.455. The quantitative estimate of drug-likeness (QED) is 0.597. The van der Waals surface area contributed by atoms with E-state index in [1.54, 1.807) is 12.1 Å². The first-order chi connectivity index (χ1) is 12.5. The van der Waals surface area contributed by atoms with Gasteiger partial charge in [0.05, 0.1) is 19.3 Å². The van der Waals surface area contributed by atoms with Crippen molar-refractivity contribution in [1.82, 2.24) is 0 Å². The Kier molecular flexibility index (Phi) is 7.64. The van der Waals surface area contributed by atoms with Gasteiger partial charge in [0.1, 0.15) is 23.0 Å². The van der Waals surface area contributed by atoms with E-state index in [4.69, 9.17) is 14.2 Å². The molecule has 0 aliphatic heterocycles. The number of ether oxygens (including phenoxy) is 3. The smallest absolute Gasteiger partial charge is 0.125 e. The summed E-state index contributed by atoms with van der Waals surface area (Å²) in [7, 11) is 0. The van der Waals surface area contributed by atoms with Crippen LogP contribution in [-0.2, 0) is 12.8 Å². The Bertz CT molecular complexity index is 652. The molecule has 0 unspecified atom stereocenters. The SMILES string of the molecule is CCc1cc(O)cc(CC)c1OCCCOc1ccc(OC(C)C)cc1. The molecule has 2 rings (SSSR count). The van der Waals surface area contributed by atoms with Gasteiger partial charge in [0, 0.05) is 6.42 Å². The summed E-state index contributed by atoms with van der Waals surface area (Å²) in [5, 5.41) is 9.80. The summed E-state index contributed by atoms with van der Waals surface area (Å²) in [6, 6.07) is 11.2. The number of aryl methyl sites for hydroxylation is 2. The molecule has 2 aromatic carbocycles. The first kappa shape index (κ1) is 20.0. The van der Waals surface area contributed by atoms with Gasteiger partial charge < -0.3 is 19.3 Å². The van der Waals surface area contributed by atoms with E-state index in [0.717, 1.165) is 47.6 Å². The predicted octanol–water partition coefficient (Wildman–Crippen LogP) is 5.15. The average Bonchev–Trinajstić information content (AvgIpc) is 2.62. The topological polar surface area (TPSA) is 47.9 Å². The molecule has 0 aliphatic carbocycles. The van der Waals surface area contributed by atoms with Crippen LogP contribution in [0.2, 0.25) is 0 Å². The van der Waals surface area contributed by atoms with Crippen molar-refractivity contribution in [3.8, 4) is 23.0 Å². The third-order valence-electron chi connectivity index (χ3n) is 3.99. The highest BCUT2D eigenvalue weighted by molar-refractivity contribution is 5.47. The molecule has 2 aromatic rings. The first-order valence-corrected chi connectivity index (χ1v) is 9.40. The predicted molar refractivity (Wildman–Crippen MR) is 105 cm³/mol. The van der Waals surface area contributed by atoms with Crippen molar-refractivity contribution in [2.75, 3.05) is 13.2 Å². The van der Waals surface area contributed by atoms with Crippen LogP contribution in [0.1, 0.15) is 45.2 Å². The second-order valence-electron chi connectivity index (χ2n) is 6.49. The van der Waals surface area contributed by atoms with Crippen LogP contribution < -0.4 is 14.2 Å². The van der Waals surface area contributed by atoms with E-state index in [2.05, 4.69) is 13.8 Å². The third kappa shape index (κ3) is 5.87. The lowest BCUT2D eigenvalue weighted by molar-refractivity contribution is 0.238. The normalized spacial score (nSPS) is 10.8. The summed E-state index contributed by atoms with van der Waals surface area (Å²) in [4.78, 5) is 0. The maximum atomic E-state index is 9.80. The van der Waals surface area contributed by atoms with E-state index in [1.165, 1.54) is 0 Å². The van der Waals surface area contributed by atoms with E-state index in [9.17, 15) is 5.11 Å². The van der Waals surface area contributed by atoms with Crippen molar-refractivity contribution < 1.29 is 19.3 Å². The molecule has 26 heavy (non-hydrogen) atoms. The molecule has 0 aliphatic rings. The molecule has 0 radical (unpaired) electrons.